The summed E-state index contributed by atoms with van der Waals surface area (Å²) in [5.41, 5.74) is 2.24. The molecule has 2 fully saturated rings. The molecule has 2 saturated carbocycles. The molecule has 0 saturated heterocycles. The van der Waals surface area contributed by atoms with Crippen molar-refractivity contribution in [2.75, 3.05) is 0 Å². The average molecular weight is 122 g/mol. The van der Waals surface area contributed by atoms with Crippen molar-refractivity contribution >= 4 is 0 Å². The third-order valence-electron chi connectivity index (χ3n) is 3.19. The first kappa shape index (κ1) is 5.52. The third kappa shape index (κ3) is 0.593. The van der Waals surface area contributed by atoms with Crippen molar-refractivity contribution in [2.24, 2.45) is 5.41 Å². The first-order valence-corrected chi connectivity index (χ1v) is 4.02. The van der Waals surface area contributed by atoms with Gasteiger partial charge in [-0.05, 0) is 37.5 Å². The maximum Gasteiger partial charge on any atom is -0.00906 e. The van der Waals surface area contributed by atoms with Crippen LogP contribution in [0.1, 0.15) is 38.5 Å². The molecule has 0 aromatic heterocycles. The van der Waals surface area contributed by atoms with E-state index in [4.69, 9.17) is 0 Å². The molecule has 50 valence electrons. The zero-order valence-corrected chi connectivity index (χ0v) is 5.95. The molecule has 0 aromatic rings. The fourth-order valence-electron chi connectivity index (χ4n) is 2.29. The van der Waals surface area contributed by atoms with Gasteiger partial charge in [-0.25, -0.2) is 0 Å². The van der Waals surface area contributed by atoms with E-state index < -0.39 is 0 Å². The van der Waals surface area contributed by atoms with Crippen molar-refractivity contribution in [1.29, 1.82) is 0 Å². The molecule has 2 rings (SSSR count). The minimum absolute atomic E-state index is 0.681. The number of hydrogen-bond donors (Lipinski definition) is 0. The van der Waals surface area contributed by atoms with Crippen molar-refractivity contribution < 1.29 is 0 Å². The molecule has 2 aliphatic carbocycles. The molecule has 0 heteroatoms. The molecule has 0 heterocycles. The predicted octanol–water partition coefficient (Wildman–Crippen LogP) is 2.90. The van der Waals surface area contributed by atoms with Gasteiger partial charge in [0.15, 0.2) is 0 Å². The lowest BCUT2D eigenvalue weighted by atomic mass is 9.66. The second-order valence-electron chi connectivity index (χ2n) is 3.59. The minimum atomic E-state index is 0.681. The van der Waals surface area contributed by atoms with Crippen LogP contribution in [0, 0.1) is 5.41 Å². The first-order valence-electron chi connectivity index (χ1n) is 4.02. The van der Waals surface area contributed by atoms with Crippen LogP contribution in [0.3, 0.4) is 0 Å². The van der Waals surface area contributed by atoms with E-state index in [1.807, 2.05) is 0 Å². The Morgan fingerprint density at radius 2 is 1.78 bits per heavy atom. The van der Waals surface area contributed by atoms with Crippen molar-refractivity contribution in [1.82, 2.24) is 0 Å². The highest BCUT2D eigenvalue weighted by Gasteiger charge is 2.41. The Hall–Kier alpha value is -0.260. The van der Waals surface area contributed by atoms with Crippen molar-refractivity contribution in [3.05, 3.63) is 12.2 Å². The number of rotatable bonds is 0. The summed E-state index contributed by atoms with van der Waals surface area (Å²) in [5, 5.41) is 0. The Balaban J connectivity index is 2.17. The molecule has 0 bridgehead atoms. The van der Waals surface area contributed by atoms with Gasteiger partial charge in [-0.1, -0.05) is 18.6 Å². The highest BCUT2D eigenvalue weighted by atomic mass is 14.5. The van der Waals surface area contributed by atoms with Crippen LogP contribution >= 0.6 is 0 Å². The number of hydrogen-bond acceptors (Lipinski definition) is 0. The fraction of sp³-hybridized carbons (Fsp3) is 0.778. The summed E-state index contributed by atoms with van der Waals surface area (Å²) in [6, 6.07) is 0. The topological polar surface area (TPSA) is 0 Å². The van der Waals surface area contributed by atoms with Gasteiger partial charge in [-0.15, -0.1) is 0 Å². The smallest absolute Gasteiger partial charge is 0.00906 e. The largest absolute Gasteiger partial charge is 0.0993 e. The van der Waals surface area contributed by atoms with Crippen LogP contribution in [0.5, 0.6) is 0 Å². The lowest BCUT2D eigenvalue weighted by Crippen LogP contribution is -2.26. The maximum atomic E-state index is 4.13. The molecule has 0 nitrogen and oxygen atoms in total. The first-order chi connectivity index (χ1) is 4.33. The van der Waals surface area contributed by atoms with Crippen LogP contribution in [0.4, 0.5) is 0 Å². The van der Waals surface area contributed by atoms with Crippen molar-refractivity contribution in [3.63, 3.8) is 0 Å². The van der Waals surface area contributed by atoms with Gasteiger partial charge >= 0.3 is 0 Å². The zero-order valence-electron chi connectivity index (χ0n) is 5.95. The summed E-state index contributed by atoms with van der Waals surface area (Å²) in [5.74, 6) is 0. The predicted molar refractivity (Wildman–Crippen MR) is 39.3 cm³/mol. The standard InChI is InChI=1S/C9H14/c1-8-4-2-5-9(8)6-3-7-9/h1-7H2. The van der Waals surface area contributed by atoms with E-state index >= 15 is 0 Å². The summed E-state index contributed by atoms with van der Waals surface area (Å²) in [4.78, 5) is 0. The van der Waals surface area contributed by atoms with E-state index in [1.165, 1.54) is 38.5 Å². The van der Waals surface area contributed by atoms with Gasteiger partial charge < -0.3 is 0 Å². The molecular formula is C9H14. The highest BCUT2D eigenvalue weighted by Crippen LogP contribution is 2.55. The minimum Gasteiger partial charge on any atom is -0.0993 e. The Morgan fingerprint density at radius 3 is 2.00 bits per heavy atom. The molecule has 0 aliphatic heterocycles. The van der Waals surface area contributed by atoms with Gasteiger partial charge in [0.05, 0.1) is 0 Å². The van der Waals surface area contributed by atoms with E-state index in [1.54, 1.807) is 5.57 Å². The molecule has 9 heavy (non-hydrogen) atoms. The average Bonchev–Trinajstić information content (AvgIpc) is 2.07. The van der Waals surface area contributed by atoms with E-state index in [-0.39, 0.29) is 0 Å². The molecule has 0 atom stereocenters. The molecular weight excluding hydrogens is 108 g/mol. The quantitative estimate of drug-likeness (QED) is 0.433. The molecule has 0 unspecified atom stereocenters. The summed E-state index contributed by atoms with van der Waals surface area (Å²) < 4.78 is 0. The summed E-state index contributed by atoms with van der Waals surface area (Å²) in [7, 11) is 0. The lowest BCUT2D eigenvalue weighted by molar-refractivity contribution is 0.195. The van der Waals surface area contributed by atoms with Gasteiger partial charge in [-0.3, -0.25) is 0 Å². The second kappa shape index (κ2) is 1.62. The maximum absolute atomic E-state index is 4.13. The number of allylic oxidation sites excluding steroid dienone is 1. The van der Waals surface area contributed by atoms with Crippen LogP contribution < -0.4 is 0 Å². The van der Waals surface area contributed by atoms with Gasteiger partial charge in [-0.2, -0.15) is 0 Å². The normalized spacial score (nSPS) is 30.9. The zero-order chi connectivity index (χ0) is 6.32. The summed E-state index contributed by atoms with van der Waals surface area (Å²) in [6.45, 7) is 4.13. The Morgan fingerprint density at radius 1 is 1.11 bits per heavy atom. The van der Waals surface area contributed by atoms with Gasteiger partial charge in [0.2, 0.25) is 0 Å². The van der Waals surface area contributed by atoms with Crippen LogP contribution in [0.15, 0.2) is 12.2 Å². The van der Waals surface area contributed by atoms with Gasteiger partial charge in [0.25, 0.3) is 0 Å². The molecule has 1 spiro atoms. The summed E-state index contributed by atoms with van der Waals surface area (Å²) in [6.07, 6.45) is 8.54. The molecule has 2 aliphatic rings. The van der Waals surface area contributed by atoms with Crippen molar-refractivity contribution in [3.8, 4) is 0 Å². The Kier molecular flexibility index (Phi) is 0.992. The molecule has 0 radical (unpaired) electrons. The lowest BCUT2D eigenvalue weighted by Gasteiger charge is -2.39. The molecule has 0 N–H and O–H groups in total. The van der Waals surface area contributed by atoms with Crippen LogP contribution in [-0.4, -0.2) is 0 Å². The van der Waals surface area contributed by atoms with Gasteiger partial charge in [0.1, 0.15) is 0 Å². The SMILES string of the molecule is C=C1CCCC12CCC2. The van der Waals surface area contributed by atoms with Crippen molar-refractivity contribution in [2.45, 2.75) is 38.5 Å². The Labute approximate surface area is 57.0 Å². The van der Waals surface area contributed by atoms with E-state index in [9.17, 15) is 0 Å². The van der Waals surface area contributed by atoms with Gasteiger partial charge in [0, 0.05) is 0 Å². The van der Waals surface area contributed by atoms with Crippen LogP contribution in [0.2, 0.25) is 0 Å². The highest BCUT2D eigenvalue weighted by molar-refractivity contribution is 5.18. The van der Waals surface area contributed by atoms with E-state index in [0.717, 1.165) is 0 Å². The molecule has 0 amide bonds. The summed E-state index contributed by atoms with van der Waals surface area (Å²) >= 11 is 0. The third-order valence-corrected chi connectivity index (χ3v) is 3.19. The monoisotopic (exact) mass is 122 g/mol. The fourth-order valence-corrected chi connectivity index (χ4v) is 2.29. The Bertz CT molecular complexity index is 140. The van der Waals surface area contributed by atoms with E-state index in [0.29, 0.717) is 5.41 Å². The van der Waals surface area contributed by atoms with E-state index in [2.05, 4.69) is 6.58 Å². The van der Waals surface area contributed by atoms with Crippen LogP contribution in [-0.2, 0) is 0 Å². The van der Waals surface area contributed by atoms with Crippen LogP contribution in [0.25, 0.3) is 0 Å². The second-order valence-corrected chi connectivity index (χ2v) is 3.59. The molecule has 0 aromatic carbocycles.